The van der Waals surface area contributed by atoms with Crippen LogP contribution in [0.4, 0.5) is 10.1 Å². The molecular weight excluding hydrogens is 395 g/mol. The number of ether oxygens (including phenoxy) is 1. The third-order valence-corrected chi connectivity index (χ3v) is 3.52. The van der Waals surface area contributed by atoms with Gasteiger partial charge >= 0.3 is 5.97 Å². The molecule has 0 saturated heterocycles. The first-order chi connectivity index (χ1) is 11.9. The number of esters is 1. The van der Waals surface area contributed by atoms with E-state index < -0.39 is 30.2 Å². The number of hydrogen-bond donors (Lipinski definition) is 2. The zero-order chi connectivity index (χ0) is 18.2. The summed E-state index contributed by atoms with van der Waals surface area (Å²) in [6.07, 6.45) is 0. The van der Waals surface area contributed by atoms with Gasteiger partial charge in [0.25, 0.3) is 5.91 Å². The Kier molecular flexibility index (Phi) is 6.64. The van der Waals surface area contributed by atoms with Gasteiger partial charge in [0.1, 0.15) is 5.82 Å². The molecule has 0 fully saturated rings. The van der Waals surface area contributed by atoms with E-state index in [0.29, 0.717) is 11.3 Å². The summed E-state index contributed by atoms with van der Waals surface area (Å²) in [6.45, 7) is -0.801. The number of benzene rings is 2. The second-order valence-corrected chi connectivity index (χ2v) is 5.83. The van der Waals surface area contributed by atoms with Gasteiger partial charge in [-0.1, -0.05) is 15.9 Å². The smallest absolute Gasteiger partial charge is 0.338 e. The summed E-state index contributed by atoms with van der Waals surface area (Å²) in [5.41, 5.74) is 0.715. The SMILES string of the molecule is O=C(COC(=O)c1ccc(Br)cc1)NCC(=O)Nc1ccc(F)cc1. The molecule has 2 N–H and O–H groups in total. The van der Waals surface area contributed by atoms with Crippen molar-refractivity contribution in [1.29, 1.82) is 0 Å². The zero-order valence-corrected chi connectivity index (χ0v) is 14.5. The first kappa shape index (κ1) is 18.6. The lowest BCUT2D eigenvalue weighted by Crippen LogP contribution is -2.35. The van der Waals surface area contributed by atoms with Crippen molar-refractivity contribution in [2.75, 3.05) is 18.5 Å². The van der Waals surface area contributed by atoms with Crippen molar-refractivity contribution in [1.82, 2.24) is 5.32 Å². The van der Waals surface area contributed by atoms with E-state index in [1.807, 2.05) is 0 Å². The number of hydrogen-bond acceptors (Lipinski definition) is 4. The maximum atomic E-state index is 12.8. The monoisotopic (exact) mass is 408 g/mol. The Hall–Kier alpha value is -2.74. The highest BCUT2D eigenvalue weighted by Gasteiger charge is 2.11. The molecule has 8 heteroatoms. The second-order valence-electron chi connectivity index (χ2n) is 4.91. The standard InChI is InChI=1S/C17H14BrFN2O4/c18-12-3-1-11(2-4-12)17(24)25-10-16(23)20-9-15(22)21-14-7-5-13(19)6-8-14/h1-8H,9-10H2,(H,20,23)(H,21,22). The molecule has 0 atom stereocenters. The van der Waals surface area contributed by atoms with Gasteiger partial charge in [0, 0.05) is 10.2 Å². The van der Waals surface area contributed by atoms with Crippen LogP contribution >= 0.6 is 15.9 Å². The summed E-state index contributed by atoms with van der Waals surface area (Å²) in [6, 6.07) is 11.7. The number of halogens is 2. The van der Waals surface area contributed by atoms with E-state index in [-0.39, 0.29) is 6.54 Å². The highest BCUT2D eigenvalue weighted by molar-refractivity contribution is 9.10. The van der Waals surface area contributed by atoms with Gasteiger partial charge in [-0.2, -0.15) is 0 Å². The Morgan fingerprint density at radius 1 is 0.960 bits per heavy atom. The number of rotatable bonds is 6. The maximum absolute atomic E-state index is 12.8. The van der Waals surface area contributed by atoms with Crippen LogP contribution in [0.5, 0.6) is 0 Å². The quantitative estimate of drug-likeness (QED) is 0.719. The molecule has 25 heavy (non-hydrogen) atoms. The predicted octanol–water partition coefficient (Wildman–Crippen LogP) is 2.50. The van der Waals surface area contributed by atoms with Gasteiger partial charge in [-0.05, 0) is 48.5 Å². The Bertz CT molecular complexity index is 763. The average Bonchev–Trinajstić information content (AvgIpc) is 2.60. The van der Waals surface area contributed by atoms with E-state index in [1.54, 1.807) is 24.3 Å². The minimum atomic E-state index is -0.640. The van der Waals surface area contributed by atoms with Crippen molar-refractivity contribution in [2.24, 2.45) is 0 Å². The summed E-state index contributed by atoms with van der Waals surface area (Å²) in [5.74, 6) is -2.16. The number of carbonyl (C=O) groups is 3. The van der Waals surface area contributed by atoms with Crippen molar-refractivity contribution in [3.8, 4) is 0 Å². The molecule has 0 aromatic heterocycles. The molecule has 2 aromatic rings. The first-order valence-electron chi connectivity index (χ1n) is 7.19. The fourth-order valence-electron chi connectivity index (χ4n) is 1.77. The van der Waals surface area contributed by atoms with E-state index in [0.717, 1.165) is 4.47 Å². The molecule has 0 spiro atoms. The molecule has 0 bridgehead atoms. The highest BCUT2D eigenvalue weighted by Crippen LogP contribution is 2.11. The van der Waals surface area contributed by atoms with E-state index in [9.17, 15) is 18.8 Å². The van der Waals surface area contributed by atoms with Crippen molar-refractivity contribution in [3.63, 3.8) is 0 Å². The minimum absolute atomic E-state index is 0.300. The molecule has 2 rings (SSSR count). The maximum Gasteiger partial charge on any atom is 0.338 e. The molecule has 2 aromatic carbocycles. The molecule has 0 radical (unpaired) electrons. The van der Waals surface area contributed by atoms with E-state index in [1.165, 1.54) is 24.3 Å². The van der Waals surface area contributed by atoms with Crippen LogP contribution in [0.25, 0.3) is 0 Å². The van der Waals surface area contributed by atoms with Gasteiger partial charge in [-0.15, -0.1) is 0 Å². The molecule has 2 amide bonds. The number of amides is 2. The van der Waals surface area contributed by atoms with Crippen molar-refractivity contribution in [2.45, 2.75) is 0 Å². The lowest BCUT2D eigenvalue weighted by atomic mass is 10.2. The molecule has 6 nitrogen and oxygen atoms in total. The molecule has 0 aliphatic rings. The minimum Gasteiger partial charge on any atom is -0.452 e. The van der Waals surface area contributed by atoms with Crippen molar-refractivity contribution < 1.29 is 23.5 Å². The molecule has 0 aliphatic heterocycles. The normalized spacial score (nSPS) is 10.0. The van der Waals surface area contributed by atoms with Crippen molar-refractivity contribution >= 4 is 39.4 Å². The summed E-state index contributed by atoms with van der Waals surface area (Å²) < 4.78 is 18.4. The van der Waals surface area contributed by atoms with Gasteiger partial charge < -0.3 is 15.4 Å². The summed E-state index contributed by atoms with van der Waals surface area (Å²) >= 11 is 3.25. The van der Waals surface area contributed by atoms with E-state index in [4.69, 9.17) is 4.74 Å². The van der Waals surface area contributed by atoms with Crippen LogP contribution in [0, 0.1) is 5.82 Å². The zero-order valence-electron chi connectivity index (χ0n) is 12.9. The Balaban J connectivity index is 1.71. The Morgan fingerprint density at radius 2 is 1.60 bits per heavy atom. The van der Waals surface area contributed by atoms with Crippen LogP contribution in [0.1, 0.15) is 10.4 Å². The van der Waals surface area contributed by atoms with Crippen LogP contribution in [0.3, 0.4) is 0 Å². The fraction of sp³-hybridized carbons (Fsp3) is 0.118. The van der Waals surface area contributed by atoms with Gasteiger partial charge in [0.15, 0.2) is 6.61 Å². The Labute approximate surface area is 151 Å². The summed E-state index contributed by atoms with van der Waals surface area (Å²) in [7, 11) is 0. The van der Waals surface area contributed by atoms with E-state index >= 15 is 0 Å². The molecule has 0 heterocycles. The third-order valence-electron chi connectivity index (χ3n) is 2.99. The van der Waals surface area contributed by atoms with Crippen molar-refractivity contribution in [3.05, 3.63) is 64.4 Å². The average molecular weight is 409 g/mol. The van der Waals surface area contributed by atoms with Crippen LogP contribution in [-0.4, -0.2) is 30.9 Å². The van der Waals surface area contributed by atoms with E-state index in [2.05, 4.69) is 26.6 Å². The molecule has 0 aliphatic carbocycles. The number of anilines is 1. The third kappa shape index (κ3) is 6.34. The summed E-state index contributed by atoms with van der Waals surface area (Å²) in [5, 5.41) is 4.81. The fourth-order valence-corrected chi connectivity index (χ4v) is 2.03. The largest absolute Gasteiger partial charge is 0.452 e. The van der Waals surface area contributed by atoms with Gasteiger partial charge in [0.2, 0.25) is 5.91 Å². The molecule has 130 valence electrons. The van der Waals surface area contributed by atoms with Crippen LogP contribution < -0.4 is 10.6 Å². The number of carbonyl (C=O) groups excluding carboxylic acids is 3. The van der Waals surface area contributed by atoms with Gasteiger partial charge in [-0.3, -0.25) is 9.59 Å². The van der Waals surface area contributed by atoms with Crippen LogP contribution in [0.2, 0.25) is 0 Å². The molecular formula is C17H14BrFN2O4. The summed E-state index contributed by atoms with van der Waals surface area (Å²) in [4.78, 5) is 35.0. The topological polar surface area (TPSA) is 84.5 Å². The predicted molar refractivity (Wildman–Crippen MR) is 92.5 cm³/mol. The van der Waals surface area contributed by atoms with Crippen LogP contribution in [-0.2, 0) is 14.3 Å². The highest BCUT2D eigenvalue weighted by atomic mass is 79.9. The number of nitrogens with one attached hydrogen (secondary N) is 2. The van der Waals surface area contributed by atoms with Crippen LogP contribution in [0.15, 0.2) is 53.0 Å². The van der Waals surface area contributed by atoms with Gasteiger partial charge in [0.05, 0.1) is 12.1 Å². The first-order valence-corrected chi connectivity index (χ1v) is 7.98. The lowest BCUT2D eigenvalue weighted by molar-refractivity contribution is -0.126. The lowest BCUT2D eigenvalue weighted by Gasteiger charge is -2.08. The Morgan fingerprint density at radius 3 is 2.24 bits per heavy atom. The molecule has 0 saturated carbocycles. The second kappa shape index (κ2) is 8.93. The molecule has 0 unspecified atom stereocenters. The van der Waals surface area contributed by atoms with Gasteiger partial charge in [-0.25, -0.2) is 9.18 Å².